The number of likely N-dealkylation sites (tertiary alicyclic amines) is 1. The average Bonchev–Trinajstić information content (AvgIpc) is 4.23. The van der Waals surface area contributed by atoms with Crippen molar-refractivity contribution in [2.24, 2.45) is 10.5 Å². The second kappa shape index (κ2) is 26.2. The monoisotopic (exact) mass is 1100 g/mol. The predicted molar refractivity (Wildman–Crippen MR) is 302 cm³/mol. The Hall–Kier alpha value is -7.52. The maximum atomic E-state index is 14.0. The number of rotatable bonds is 23. The minimum atomic E-state index is -0.989. The lowest BCUT2D eigenvalue weighted by atomic mass is 9.85. The normalized spacial score (nSPS) is 15.3. The predicted octanol–water partition coefficient (Wildman–Crippen LogP) is 8.64. The SMILES string of the molecule is Cc1ncsc1-c1ccc([C@H](C)NC(=O)[C@@H]2C[C@@H](O)CN2C(=O)[C@@H](NC(=O)COCCOCCOCCOc2ccc(/C=N/NC(=O)c3cccc(-c4c(-c5ccc(O)cc5)sc5cc(O)ccc45)c3)cc2)C(C)(C)C)cc1. The van der Waals surface area contributed by atoms with Crippen LogP contribution in [0.3, 0.4) is 0 Å². The number of amides is 4. The van der Waals surface area contributed by atoms with Crippen LogP contribution in [0.15, 0.2) is 126 Å². The lowest BCUT2D eigenvalue weighted by molar-refractivity contribution is -0.144. The van der Waals surface area contributed by atoms with Crippen molar-refractivity contribution in [2.45, 2.75) is 65.3 Å². The maximum Gasteiger partial charge on any atom is 0.271 e. The van der Waals surface area contributed by atoms with Crippen LogP contribution in [-0.4, -0.2) is 126 Å². The number of β-amino-alcohol motifs (C(OH)–C–C–N with tert-alkyl or cyclic N) is 1. The zero-order chi connectivity index (χ0) is 55.3. The molecule has 8 rings (SSSR count). The highest BCUT2D eigenvalue weighted by Crippen LogP contribution is 2.46. The van der Waals surface area contributed by atoms with Crippen molar-refractivity contribution in [3.63, 3.8) is 0 Å². The minimum Gasteiger partial charge on any atom is -0.508 e. The first-order valence-corrected chi connectivity index (χ1v) is 27.3. The number of ether oxygens (including phenoxy) is 4. The number of aromatic hydroxyl groups is 2. The molecule has 2 aromatic heterocycles. The molecule has 0 saturated carbocycles. The Balaban J connectivity index is 0.699. The number of aryl methyl sites for hydroxylation is 1. The number of phenolic OH excluding ortho intramolecular Hbond substituents is 2. The van der Waals surface area contributed by atoms with Gasteiger partial charge in [-0.05, 0) is 126 Å². The van der Waals surface area contributed by atoms with E-state index in [4.69, 9.17) is 18.9 Å². The van der Waals surface area contributed by atoms with Gasteiger partial charge in [-0.15, -0.1) is 22.7 Å². The molecule has 19 heteroatoms. The second-order valence-electron chi connectivity index (χ2n) is 19.9. The van der Waals surface area contributed by atoms with Gasteiger partial charge in [0.15, 0.2) is 0 Å². The fraction of sp³-hybridized carbons (Fsp3) is 0.322. The first-order chi connectivity index (χ1) is 37.5. The molecule has 6 N–H and O–H groups in total. The standard InChI is InChI=1S/C59H64N6O11S2/c1-36(39-11-13-40(14-12-39)53-37(2)60-35-77-53)62-57(71)49-30-46(68)33-65(49)58(72)55(59(3,4)5)63-51(69)34-75-26-25-73-23-24-74-27-28-76-47-20-9-38(10-21-47)32-61-64-56(70)43-8-6-7-42(29-43)52-48-22-19-45(67)31-50(48)78-54(52)41-15-17-44(66)18-16-41/h6-22,29,31-32,35-36,46,49,55,66-68H,23-28,30,33-34H2,1-5H3,(H,62,71)(H,63,69)(H,64,70)/b61-32+/t36-,46+,49-,55+/m0/s1. The average molecular weight is 1100 g/mol. The molecule has 5 aromatic carbocycles. The Morgan fingerprint density at radius 1 is 0.795 bits per heavy atom. The van der Waals surface area contributed by atoms with Gasteiger partial charge in [0.05, 0.1) is 67.5 Å². The Kier molecular flexibility index (Phi) is 19.1. The van der Waals surface area contributed by atoms with E-state index in [0.717, 1.165) is 58.9 Å². The van der Waals surface area contributed by atoms with Crippen molar-refractivity contribution in [2.75, 3.05) is 52.8 Å². The third-order valence-electron chi connectivity index (χ3n) is 13.0. The number of benzene rings is 5. The summed E-state index contributed by atoms with van der Waals surface area (Å²) < 4.78 is 23.5. The van der Waals surface area contributed by atoms with Gasteiger partial charge >= 0.3 is 0 Å². The lowest BCUT2D eigenvalue weighted by Crippen LogP contribution is -2.58. The van der Waals surface area contributed by atoms with Gasteiger partial charge in [-0.25, -0.2) is 10.4 Å². The van der Waals surface area contributed by atoms with Crippen LogP contribution in [-0.2, 0) is 28.6 Å². The summed E-state index contributed by atoms with van der Waals surface area (Å²) in [5.74, 6) is -0.783. The molecule has 0 bridgehead atoms. The molecule has 1 aliphatic heterocycles. The van der Waals surface area contributed by atoms with Crippen molar-refractivity contribution < 1.29 is 53.4 Å². The van der Waals surface area contributed by atoms with Gasteiger partial charge in [-0.1, -0.05) is 57.2 Å². The highest BCUT2D eigenvalue weighted by Gasteiger charge is 2.44. The number of carbonyl (C=O) groups is 4. The van der Waals surface area contributed by atoms with Crippen LogP contribution in [0.25, 0.3) is 42.1 Å². The molecule has 1 fully saturated rings. The minimum absolute atomic E-state index is 0.0345. The van der Waals surface area contributed by atoms with Gasteiger partial charge in [-0.2, -0.15) is 5.10 Å². The zero-order valence-corrected chi connectivity index (χ0v) is 45.7. The molecule has 1 saturated heterocycles. The van der Waals surface area contributed by atoms with E-state index in [1.54, 1.807) is 53.8 Å². The van der Waals surface area contributed by atoms with Crippen molar-refractivity contribution >= 4 is 62.6 Å². The first kappa shape index (κ1) is 56.7. The Bertz CT molecular complexity index is 3210. The Labute approximate surface area is 460 Å². The molecule has 1 aliphatic rings. The van der Waals surface area contributed by atoms with E-state index in [1.807, 2.05) is 113 Å². The third-order valence-corrected chi connectivity index (χ3v) is 15.2. The summed E-state index contributed by atoms with van der Waals surface area (Å²) in [6.07, 6.45) is 0.724. The maximum absolute atomic E-state index is 14.0. The van der Waals surface area contributed by atoms with Crippen molar-refractivity contribution in [1.29, 1.82) is 0 Å². The number of thiazole rings is 1. The van der Waals surface area contributed by atoms with E-state index >= 15 is 0 Å². The quantitative estimate of drug-likeness (QED) is 0.0201. The number of thiophene rings is 1. The van der Waals surface area contributed by atoms with Crippen LogP contribution in [0.2, 0.25) is 0 Å². The highest BCUT2D eigenvalue weighted by atomic mass is 32.1. The van der Waals surface area contributed by atoms with E-state index in [2.05, 4.69) is 26.1 Å². The van der Waals surface area contributed by atoms with Crippen molar-refractivity contribution in [3.05, 3.63) is 143 Å². The molecule has 17 nitrogen and oxygen atoms in total. The van der Waals surface area contributed by atoms with Gasteiger partial charge in [0.25, 0.3) is 5.91 Å². The summed E-state index contributed by atoms with van der Waals surface area (Å²) in [6, 6.07) is 32.3. The van der Waals surface area contributed by atoms with Crippen LogP contribution in [0.1, 0.15) is 67.3 Å². The summed E-state index contributed by atoms with van der Waals surface area (Å²) in [5.41, 5.74) is 10.4. The number of aliphatic hydroxyl groups excluding tert-OH is 1. The summed E-state index contributed by atoms with van der Waals surface area (Å²) in [4.78, 5) is 61.7. The zero-order valence-electron chi connectivity index (χ0n) is 44.1. The molecule has 0 radical (unpaired) electrons. The molecule has 408 valence electrons. The molecule has 78 heavy (non-hydrogen) atoms. The van der Waals surface area contributed by atoms with E-state index < -0.39 is 35.4 Å². The summed E-state index contributed by atoms with van der Waals surface area (Å²) in [5, 5.41) is 41.6. The molecule has 0 unspecified atom stereocenters. The fourth-order valence-electron chi connectivity index (χ4n) is 8.93. The van der Waals surface area contributed by atoms with Gasteiger partial charge in [0.2, 0.25) is 17.7 Å². The highest BCUT2D eigenvalue weighted by molar-refractivity contribution is 7.23. The molecule has 3 heterocycles. The third kappa shape index (κ3) is 14.7. The second-order valence-corrected chi connectivity index (χ2v) is 21.8. The number of phenols is 2. The smallest absolute Gasteiger partial charge is 0.271 e. The number of hydrogen-bond acceptors (Lipinski definition) is 15. The Morgan fingerprint density at radius 2 is 1.46 bits per heavy atom. The van der Waals surface area contributed by atoms with Gasteiger partial charge in [-0.3, -0.25) is 19.2 Å². The molecule has 7 aromatic rings. The molecular formula is C59H64N6O11S2. The van der Waals surface area contributed by atoms with E-state index in [0.29, 0.717) is 37.7 Å². The van der Waals surface area contributed by atoms with Crippen LogP contribution < -0.4 is 20.8 Å². The molecule has 4 amide bonds. The topological polar surface area (TPSA) is 230 Å². The van der Waals surface area contributed by atoms with E-state index in [9.17, 15) is 34.5 Å². The van der Waals surface area contributed by atoms with Crippen molar-refractivity contribution in [1.82, 2.24) is 25.9 Å². The van der Waals surface area contributed by atoms with E-state index in [1.165, 1.54) is 22.5 Å². The number of fused-ring (bicyclic) bond motifs is 1. The number of nitrogens with zero attached hydrogens (tertiary/aromatic N) is 3. The summed E-state index contributed by atoms with van der Waals surface area (Å²) in [6.45, 7) is 10.5. The number of hydrazone groups is 1. The van der Waals surface area contributed by atoms with Gasteiger partial charge < -0.3 is 49.8 Å². The largest absolute Gasteiger partial charge is 0.508 e. The van der Waals surface area contributed by atoms with Crippen LogP contribution in [0, 0.1) is 12.3 Å². The van der Waals surface area contributed by atoms with Crippen LogP contribution >= 0.6 is 22.7 Å². The van der Waals surface area contributed by atoms with E-state index in [-0.39, 0.29) is 62.1 Å². The number of carbonyl (C=O) groups excluding carboxylic acids is 4. The van der Waals surface area contributed by atoms with Crippen LogP contribution in [0.4, 0.5) is 0 Å². The number of aromatic nitrogens is 1. The van der Waals surface area contributed by atoms with Gasteiger partial charge in [0.1, 0.15) is 42.5 Å². The molecular weight excluding hydrogens is 1030 g/mol. The summed E-state index contributed by atoms with van der Waals surface area (Å²) in [7, 11) is 0. The number of hydrogen-bond donors (Lipinski definition) is 6. The first-order valence-electron chi connectivity index (χ1n) is 25.6. The molecule has 0 spiro atoms. The molecule has 4 atom stereocenters. The lowest BCUT2D eigenvalue weighted by Gasteiger charge is -2.35. The van der Waals surface area contributed by atoms with Crippen molar-refractivity contribution in [3.8, 4) is 49.3 Å². The van der Waals surface area contributed by atoms with Gasteiger partial charge in [0, 0.05) is 39.1 Å². The Morgan fingerprint density at radius 3 is 2.15 bits per heavy atom. The summed E-state index contributed by atoms with van der Waals surface area (Å²) >= 11 is 3.09. The van der Waals surface area contributed by atoms with Crippen LogP contribution in [0.5, 0.6) is 17.2 Å². The molecule has 0 aliphatic carbocycles. The number of aliphatic hydroxyl groups is 1. The fourth-order valence-corrected chi connectivity index (χ4v) is 11.0. The number of nitrogens with one attached hydrogen (secondary N) is 3.